The van der Waals surface area contributed by atoms with Gasteiger partial charge < -0.3 is 4.74 Å². The Balaban J connectivity index is 1.92. The summed E-state index contributed by atoms with van der Waals surface area (Å²) < 4.78 is 5.44. The maximum Gasteiger partial charge on any atom is 0.313 e. The molecular formula is C25H28N2O3S. The van der Waals surface area contributed by atoms with Crippen LogP contribution in [0.2, 0.25) is 0 Å². The van der Waals surface area contributed by atoms with Crippen molar-refractivity contribution in [2.45, 2.75) is 41.0 Å². The van der Waals surface area contributed by atoms with E-state index >= 15 is 0 Å². The lowest BCUT2D eigenvalue weighted by molar-refractivity contribution is -0.137. The number of benzene rings is 2. The number of esters is 1. The smallest absolute Gasteiger partial charge is 0.313 e. The number of amidine groups is 1. The summed E-state index contributed by atoms with van der Waals surface area (Å²) in [6, 6.07) is 13.4. The fourth-order valence-electron chi connectivity index (χ4n) is 3.07. The Morgan fingerprint density at radius 2 is 1.90 bits per heavy atom. The van der Waals surface area contributed by atoms with Crippen LogP contribution in [0.3, 0.4) is 0 Å². The molecule has 1 fully saturated rings. The van der Waals surface area contributed by atoms with Crippen molar-refractivity contribution in [1.82, 2.24) is 0 Å². The predicted molar refractivity (Wildman–Crippen MR) is 128 cm³/mol. The van der Waals surface area contributed by atoms with Gasteiger partial charge in [-0.2, -0.15) is 0 Å². The highest BCUT2D eigenvalue weighted by Gasteiger charge is 2.35. The minimum atomic E-state index is -0.263. The number of hydrogen-bond donors (Lipinski definition) is 0. The molecular weight excluding hydrogens is 408 g/mol. The third-order valence-electron chi connectivity index (χ3n) is 4.81. The summed E-state index contributed by atoms with van der Waals surface area (Å²) in [5.41, 5.74) is 3.59. The molecule has 1 amide bonds. The van der Waals surface area contributed by atoms with E-state index in [0.717, 1.165) is 28.8 Å². The van der Waals surface area contributed by atoms with E-state index in [0.29, 0.717) is 22.4 Å². The number of rotatable bonds is 6. The Bertz CT molecular complexity index is 1060. The van der Waals surface area contributed by atoms with Crippen molar-refractivity contribution in [3.63, 3.8) is 0 Å². The fraction of sp³-hybridized carbons (Fsp3) is 0.320. The molecule has 0 aromatic heterocycles. The maximum atomic E-state index is 13.3. The Morgan fingerprint density at radius 1 is 1.16 bits per heavy atom. The second kappa shape index (κ2) is 9.96. The number of aliphatic imine (C=N–C) groups is 1. The number of ether oxygens (including phenoxy) is 1. The molecule has 0 bridgehead atoms. The van der Waals surface area contributed by atoms with E-state index in [-0.39, 0.29) is 17.8 Å². The first kappa shape index (κ1) is 22.8. The van der Waals surface area contributed by atoms with Crippen LogP contribution in [-0.2, 0) is 9.59 Å². The number of amides is 1. The summed E-state index contributed by atoms with van der Waals surface area (Å²) in [5.74, 6) is 0.00319. The van der Waals surface area contributed by atoms with E-state index in [1.165, 1.54) is 11.8 Å². The molecule has 1 aliphatic rings. The van der Waals surface area contributed by atoms with E-state index in [1.807, 2.05) is 56.3 Å². The number of aryl methyl sites for hydroxylation is 2. The van der Waals surface area contributed by atoms with Crippen molar-refractivity contribution in [3.8, 4) is 5.75 Å². The lowest BCUT2D eigenvalue weighted by Crippen LogP contribution is -2.29. The molecule has 1 saturated heterocycles. The van der Waals surface area contributed by atoms with Crippen LogP contribution in [0.5, 0.6) is 5.75 Å². The molecule has 0 unspecified atom stereocenters. The van der Waals surface area contributed by atoms with Crippen LogP contribution in [0.1, 0.15) is 43.9 Å². The van der Waals surface area contributed by atoms with Crippen LogP contribution < -0.4 is 9.64 Å². The molecule has 0 radical (unpaired) electrons. The first-order valence-electron chi connectivity index (χ1n) is 10.5. The molecule has 162 valence electrons. The van der Waals surface area contributed by atoms with Gasteiger partial charge in [-0.1, -0.05) is 45.0 Å². The summed E-state index contributed by atoms with van der Waals surface area (Å²) >= 11 is 1.39. The Hall–Kier alpha value is -2.86. The minimum Gasteiger partial charge on any atom is -0.426 e. The van der Waals surface area contributed by atoms with E-state index in [4.69, 9.17) is 4.74 Å². The highest BCUT2D eigenvalue weighted by Crippen LogP contribution is 2.37. The third kappa shape index (κ3) is 5.25. The summed E-state index contributed by atoms with van der Waals surface area (Å²) in [6.07, 6.45) is 2.78. The standard InChI is InChI=1S/C25H28N2O3S/c1-6-13-26-25-27(20-10-8-7-9-17(20)4)23(28)22(31-25)15-19-11-12-21(18(5)14-19)30-24(29)16(2)3/h7-12,14-16H,6,13H2,1-5H3/b22-15-,26-25?. The van der Waals surface area contributed by atoms with Crippen molar-refractivity contribution < 1.29 is 14.3 Å². The van der Waals surface area contributed by atoms with Crippen LogP contribution in [0.15, 0.2) is 52.4 Å². The summed E-state index contributed by atoms with van der Waals surface area (Å²) in [6.45, 7) is 10.2. The summed E-state index contributed by atoms with van der Waals surface area (Å²) in [7, 11) is 0. The van der Waals surface area contributed by atoms with Crippen LogP contribution in [0, 0.1) is 19.8 Å². The second-order valence-corrected chi connectivity index (χ2v) is 8.81. The first-order chi connectivity index (χ1) is 14.8. The number of carbonyl (C=O) groups is 2. The van der Waals surface area contributed by atoms with Crippen LogP contribution in [-0.4, -0.2) is 23.6 Å². The first-order valence-corrected chi connectivity index (χ1v) is 11.3. The van der Waals surface area contributed by atoms with E-state index < -0.39 is 0 Å². The highest BCUT2D eigenvalue weighted by atomic mass is 32.2. The topological polar surface area (TPSA) is 59.0 Å². The van der Waals surface area contributed by atoms with Crippen molar-refractivity contribution in [2.75, 3.05) is 11.4 Å². The quantitative estimate of drug-likeness (QED) is 0.329. The fourth-order valence-corrected chi connectivity index (χ4v) is 4.07. The average molecular weight is 437 g/mol. The van der Waals surface area contributed by atoms with Crippen molar-refractivity contribution >= 4 is 40.6 Å². The number of anilines is 1. The predicted octanol–water partition coefficient (Wildman–Crippen LogP) is 5.75. The van der Waals surface area contributed by atoms with E-state index in [1.54, 1.807) is 24.8 Å². The number of hydrogen-bond acceptors (Lipinski definition) is 5. The van der Waals surface area contributed by atoms with Gasteiger partial charge in [0.2, 0.25) is 0 Å². The van der Waals surface area contributed by atoms with Gasteiger partial charge in [-0.05, 0) is 73.0 Å². The molecule has 5 nitrogen and oxygen atoms in total. The lowest BCUT2D eigenvalue weighted by Gasteiger charge is -2.18. The third-order valence-corrected chi connectivity index (χ3v) is 5.82. The van der Waals surface area contributed by atoms with Gasteiger partial charge in [0.25, 0.3) is 5.91 Å². The summed E-state index contributed by atoms with van der Waals surface area (Å²) in [4.78, 5) is 32.2. The normalized spacial score (nSPS) is 16.6. The van der Waals surface area contributed by atoms with Gasteiger partial charge >= 0.3 is 5.97 Å². The molecule has 1 heterocycles. The monoisotopic (exact) mass is 436 g/mol. The molecule has 2 aromatic carbocycles. The number of thioether (sulfide) groups is 1. The molecule has 3 rings (SSSR count). The number of carbonyl (C=O) groups excluding carboxylic acids is 2. The zero-order valence-electron chi connectivity index (χ0n) is 18.6. The molecule has 0 saturated carbocycles. The van der Waals surface area contributed by atoms with Crippen LogP contribution in [0.4, 0.5) is 5.69 Å². The molecule has 0 aliphatic carbocycles. The molecule has 2 aromatic rings. The van der Waals surface area contributed by atoms with Gasteiger partial charge in [-0.3, -0.25) is 19.5 Å². The van der Waals surface area contributed by atoms with Gasteiger partial charge in [-0.25, -0.2) is 0 Å². The molecule has 6 heteroatoms. The highest BCUT2D eigenvalue weighted by molar-refractivity contribution is 8.19. The second-order valence-electron chi connectivity index (χ2n) is 7.80. The number of nitrogens with zero attached hydrogens (tertiary/aromatic N) is 2. The zero-order valence-corrected chi connectivity index (χ0v) is 19.5. The lowest BCUT2D eigenvalue weighted by atomic mass is 10.1. The van der Waals surface area contributed by atoms with Gasteiger partial charge in [0.05, 0.1) is 16.5 Å². The SMILES string of the molecule is CCCN=C1S/C(=C\c2ccc(OC(=O)C(C)C)c(C)c2)C(=O)N1c1ccccc1C. The van der Waals surface area contributed by atoms with E-state index in [9.17, 15) is 9.59 Å². The number of para-hydroxylation sites is 1. The van der Waals surface area contributed by atoms with Gasteiger partial charge in [0.1, 0.15) is 5.75 Å². The largest absolute Gasteiger partial charge is 0.426 e. The summed E-state index contributed by atoms with van der Waals surface area (Å²) in [5, 5.41) is 0.701. The average Bonchev–Trinajstić information content (AvgIpc) is 3.03. The Morgan fingerprint density at radius 3 is 2.55 bits per heavy atom. The maximum absolute atomic E-state index is 13.3. The van der Waals surface area contributed by atoms with Gasteiger partial charge in [0.15, 0.2) is 5.17 Å². The van der Waals surface area contributed by atoms with Crippen molar-refractivity contribution in [2.24, 2.45) is 10.9 Å². The molecule has 1 aliphatic heterocycles. The Kier molecular flexibility index (Phi) is 7.33. The molecule has 0 atom stereocenters. The van der Waals surface area contributed by atoms with Crippen molar-refractivity contribution in [1.29, 1.82) is 0 Å². The van der Waals surface area contributed by atoms with E-state index in [2.05, 4.69) is 11.9 Å². The molecule has 0 N–H and O–H groups in total. The van der Waals surface area contributed by atoms with Gasteiger partial charge in [-0.15, -0.1) is 0 Å². The van der Waals surface area contributed by atoms with Gasteiger partial charge in [0, 0.05) is 6.54 Å². The minimum absolute atomic E-state index is 0.0814. The van der Waals surface area contributed by atoms with Crippen LogP contribution >= 0.6 is 11.8 Å². The Labute approximate surface area is 188 Å². The van der Waals surface area contributed by atoms with Crippen molar-refractivity contribution in [3.05, 3.63) is 64.1 Å². The molecule has 31 heavy (non-hydrogen) atoms. The van der Waals surface area contributed by atoms with Crippen LogP contribution in [0.25, 0.3) is 6.08 Å². The zero-order chi connectivity index (χ0) is 22.5. The molecule has 0 spiro atoms.